The van der Waals surface area contributed by atoms with Gasteiger partial charge in [-0.05, 0) is 26.7 Å². The highest BCUT2D eigenvalue weighted by Crippen LogP contribution is 2.21. The quantitative estimate of drug-likeness (QED) is 0.812. The summed E-state index contributed by atoms with van der Waals surface area (Å²) >= 11 is 0. The van der Waals surface area contributed by atoms with Crippen LogP contribution < -0.4 is 10.5 Å². The third-order valence-electron chi connectivity index (χ3n) is 1.74. The van der Waals surface area contributed by atoms with E-state index in [1.807, 2.05) is 26.8 Å². The summed E-state index contributed by atoms with van der Waals surface area (Å²) in [4.78, 5) is 8.20. The molecule has 1 rings (SSSR count). The smallest absolute Gasteiger partial charge is 0.223 e. The van der Waals surface area contributed by atoms with Gasteiger partial charge in [-0.25, -0.2) is 4.98 Å². The van der Waals surface area contributed by atoms with Gasteiger partial charge in [-0.1, -0.05) is 13.8 Å². The van der Waals surface area contributed by atoms with Crippen LogP contribution in [0.5, 0.6) is 5.88 Å². The van der Waals surface area contributed by atoms with Crippen LogP contribution in [0.1, 0.15) is 46.2 Å². The van der Waals surface area contributed by atoms with Crippen LogP contribution >= 0.6 is 0 Å². The Balaban J connectivity index is 2.99. The van der Waals surface area contributed by atoms with Gasteiger partial charge in [0, 0.05) is 6.07 Å². The number of aromatic nitrogens is 2. The molecule has 0 bridgehead atoms. The molecule has 4 nitrogen and oxygen atoms in total. The first-order valence-electron chi connectivity index (χ1n) is 5.11. The van der Waals surface area contributed by atoms with E-state index in [0.717, 1.165) is 5.69 Å². The predicted octanol–water partition coefficient (Wildman–Crippen LogP) is 2.36. The molecule has 15 heavy (non-hydrogen) atoms. The van der Waals surface area contributed by atoms with E-state index in [2.05, 4.69) is 23.8 Å². The van der Waals surface area contributed by atoms with Crippen molar-refractivity contribution in [3.63, 3.8) is 0 Å². The molecule has 2 N–H and O–H groups in total. The van der Waals surface area contributed by atoms with E-state index < -0.39 is 0 Å². The van der Waals surface area contributed by atoms with Crippen LogP contribution in [0.25, 0.3) is 0 Å². The molecule has 0 fully saturated rings. The minimum absolute atomic E-state index is 0.264. The van der Waals surface area contributed by atoms with E-state index in [9.17, 15) is 0 Å². The zero-order valence-electron chi connectivity index (χ0n) is 10.0. The van der Waals surface area contributed by atoms with Gasteiger partial charge in [0.05, 0.1) is 5.69 Å². The van der Waals surface area contributed by atoms with Crippen LogP contribution in [0.3, 0.4) is 0 Å². The standard InChI is InChI=1S/C11H19N3O/c1-7(2)8-6-9(14-10(12)13-8)15-11(3,4)5/h6-7H,1-5H3,(H2,12,13,14). The number of nitrogen functional groups attached to an aromatic ring is 1. The molecule has 0 atom stereocenters. The fraction of sp³-hybridized carbons (Fsp3) is 0.636. The lowest BCUT2D eigenvalue weighted by molar-refractivity contribution is 0.124. The van der Waals surface area contributed by atoms with Gasteiger partial charge >= 0.3 is 0 Å². The van der Waals surface area contributed by atoms with E-state index in [1.54, 1.807) is 0 Å². The number of anilines is 1. The van der Waals surface area contributed by atoms with Crippen molar-refractivity contribution in [2.75, 3.05) is 5.73 Å². The molecule has 0 amide bonds. The lowest BCUT2D eigenvalue weighted by atomic mass is 10.1. The van der Waals surface area contributed by atoms with E-state index in [0.29, 0.717) is 11.8 Å². The highest BCUT2D eigenvalue weighted by molar-refractivity contribution is 5.27. The highest BCUT2D eigenvalue weighted by Gasteiger charge is 2.14. The van der Waals surface area contributed by atoms with Gasteiger partial charge in [-0.15, -0.1) is 0 Å². The topological polar surface area (TPSA) is 61.0 Å². The number of hydrogen-bond acceptors (Lipinski definition) is 4. The van der Waals surface area contributed by atoms with Crippen molar-refractivity contribution in [2.24, 2.45) is 0 Å². The van der Waals surface area contributed by atoms with Gasteiger partial charge < -0.3 is 10.5 Å². The number of rotatable bonds is 2. The molecule has 0 aliphatic heterocycles. The second-order valence-electron chi connectivity index (χ2n) is 4.86. The maximum absolute atomic E-state index is 5.64. The molecular weight excluding hydrogens is 190 g/mol. The maximum Gasteiger partial charge on any atom is 0.223 e. The van der Waals surface area contributed by atoms with Gasteiger partial charge in [0.1, 0.15) is 5.60 Å². The number of hydrogen-bond donors (Lipinski definition) is 1. The van der Waals surface area contributed by atoms with Gasteiger partial charge in [-0.3, -0.25) is 0 Å². The molecule has 1 aromatic heterocycles. The van der Waals surface area contributed by atoms with Crippen molar-refractivity contribution in [1.29, 1.82) is 0 Å². The summed E-state index contributed by atoms with van der Waals surface area (Å²) in [5, 5.41) is 0. The summed E-state index contributed by atoms with van der Waals surface area (Å²) in [6.45, 7) is 10.0. The summed E-state index contributed by atoms with van der Waals surface area (Å²) in [6.07, 6.45) is 0. The Kier molecular flexibility index (Phi) is 3.17. The molecule has 0 saturated carbocycles. The summed E-state index contributed by atoms with van der Waals surface area (Å²) in [7, 11) is 0. The zero-order chi connectivity index (χ0) is 11.6. The summed E-state index contributed by atoms with van der Waals surface area (Å²) in [6, 6.07) is 1.84. The Labute approximate surface area is 90.9 Å². The molecular formula is C11H19N3O. The maximum atomic E-state index is 5.64. The number of nitrogens with zero attached hydrogens (tertiary/aromatic N) is 2. The Morgan fingerprint density at radius 1 is 1.27 bits per heavy atom. The Morgan fingerprint density at radius 3 is 2.33 bits per heavy atom. The molecule has 0 aliphatic rings. The molecule has 0 unspecified atom stereocenters. The lowest BCUT2D eigenvalue weighted by Gasteiger charge is -2.21. The minimum atomic E-state index is -0.269. The predicted molar refractivity (Wildman–Crippen MR) is 60.9 cm³/mol. The molecule has 0 spiro atoms. The van der Waals surface area contributed by atoms with Crippen LogP contribution in [-0.2, 0) is 0 Å². The molecule has 84 valence electrons. The molecule has 0 aliphatic carbocycles. The first-order valence-corrected chi connectivity index (χ1v) is 5.11. The monoisotopic (exact) mass is 209 g/mol. The summed E-state index contributed by atoms with van der Waals surface area (Å²) in [5.41, 5.74) is 6.25. The summed E-state index contributed by atoms with van der Waals surface area (Å²) in [5.74, 6) is 1.12. The minimum Gasteiger partial charge on any atom is -0.472 e. The molecule has 0 radical (unpaired) electrons. The second kappa shape index (κ2) is 4.04. The van der Waals surface area contributed by atoms with E-state index in [4.69, 9.17) is 10.5 Å². The van der Waals surface area contributed by atoms with Gasteiger partial charge in [-0.2, -0.15) is 4.98 Å². The largest absolute Gasteiger partial charge is 0.472 e. The van der Waals surface area contributed by atoms with Crippen molar-refractivity contribution < 1.29 is 4.74 Å². The van der Waals surface area contributed by atoms with Crippen LogP contribution in [0, 0.1) is 0 Å². The Bertz CT molecular complexity index is 342. The summed E-state index contributed by atoms with van der Waals surface area (Å²) < 4.78 is 5.64. The Hall–Kier alpha value is -1.32. The van der Waals surface area contributed by atoms with Crippen LogP contribution in [0.4, 0.5) is 5.95 Å². The molecule has 0 aromatic carbocycles. The molecule has 1 heterocycles. The van der Waals surface area contributed by atoms with E-state index in [1.165, 1.54) is 0 Å². The normalized spacial score (nSPS) is 11.9. The van der Waals surface area contributed by atoms with Crippen molar-refractivity contribution in [2.45, 2.75) is 46.1 Å². The highest BCUT2D eigenvalue weighted by atomic mass is 16.5. The Morgan fingerprint density at radius 2 is 1.87 bits per heavy atom. The van der Waals surface area contributed by atoms with Crippen LogP contribution in [0.15, 0.2) is 6.07 Å². The lowest BCUT2D eigenvalue weighted by Crippen LogP contribution is -2.24. The van der Waals surface area contributed by atoms with Gasteiger partial charge in [0.15, 0.2) is 0 Å². The van der Waals surface area contributed by atoms with E-state index >= 15 is 0 Å². The van der Waals surface area contributed by atoms with Crippen LogP contribution in [0.2, 0.25) is 0 Å². The third-order valence-corrected chi connectivity index (χ3v) is 1.74. The van der Waals surface area contributed by atoms with Crippen molar-refractivity contribution in [3.05, 3.63) is 11.8 Å². The van der Waals surface area contributed by atoms with Gasteiger partial charge in [0.2, 0.25) is 11.8 Å². The molecule has 0 saturated heterocycles. The fourth-order valence-corrected chi connectivity index (χ4v) is 1.12. The first kappa shape index (κ1) is 11.8. The van der Waals surface area contributed by atoms with Crippen molar-refractivity contribution in [3.8, 4) is 5.88 Å². The second-order valence-corrected chi connectivity index (χ2v) is 4.86. The zero-order valence-corrected chi connectivity index (χ0v) is 10.0. The molecule has 4 heteroatoms. The van der Waals surface area contributed by atoms with Gasteiger partial charge in [0.25, 0.3) is 0 Å². The van der Waals surface area contributed by atoms with Crippen molar-refractivity contribution in [1.82, 2.24) is 9.97 Å². The third kappa shape index (κ3) is 3.73. The van der Waals surface area contributed by atoms with Crippen molar-refractivity contribution >= 4 is 5.95 Å². The number of ether oxygens (including phenoxy) is 1. The van der Waals surface area contributed by atoms with E-state index in [-0.39, 0.29) is 11.5 Å². The average molecular weight is 209 g/mol. The fourth-order valence-electron chi connectivity index (χ4n) is 1.12. The SMILES string of the molecule is CC(C)c1cc(OC(C)(C)C)nc(N)n1. The number of nitrogens with two attached hydrogens (primary N) is 1. The molecule has 1 aromatic rings. The average Bonchev–Trinajstić information content (AvgIpc) is 1.99. The van der Waals surface area contributed by atoms with Crippen LogP contribution in [-0.4, -0.2) is 15.6 Å². The first-order chi connectivity index (χ1) is 6.78.